The van der Waals surface area contributed by atoms with Crippen LogP contribution in [-0.4, -0.2) is 41.3 Å². The van der Waals surface area contributed by atoms with Crippen molar-refractivity contribution in [2.45, 2.75) is 18.4 Å². The summed E-state index contributed by atoms with van der Waals surface area (Å²) in [5.41, 5.74) is 5.89. The number of halogens is 1. The third kappa shape index (κ3) is 2.76. The number of ether oxygens (including phenoxy) is 1. The van der Waals surface area contributed by atoms with Crippen LogP contribution in [0.15, 0.2) is 34.7 Å². The zero-order chi connectivity index (χ0) is 23.8. The molecule has 3 N–H and O–H groups in total. The number of methoxy groups -OCH3 is 1. The fourth-order valence-corrected chi connectivity index (χ4v) is 5.56. The highest BCUT2D eigenvalue weighted by Crippen LogP contribution is 2.41. The lowest BCUT2D eigenvalue weighted by molar-refractivity contribution is -0.126. The molecule has 2 aliphatic rings. The van der Waals surface area contributed by atoms with E-state index in [1.165, 1.54) is 29.4 Å². The van der Waals surface area contributed by atoms with Crippen molar-refractivity contribution in [3.8, 4) is 5.75 Å². The summed E-state index contributed by atoms with van der Waals surface area (Å²) in [6, 6.07) is 8.32. The third-order valence-corrected chi connectivity index (χ3v) is 7.28. The number of hydrogen-bond acceptors (Lipinski definition) is 8. The molecule has 0 radical (unpaired) electrons. The summed E-state index contributed by atoms with van der Waals surface area (Å²) in [5.74, 6) is -2.20. The highest BCUT2D eigenvalue weighted by atomic mass is 32.1. The van der Waals surface area contributed by atoms with Gasteiger partial charge in [-0.15, -0.1) is 0 Å². The predicted molar refractivity (Wildman–Crippen MR) is 121 cm³/mol. The molecule has 2 aliphatic heterocycles. The molecule has 4 heterocycles. The van der Waals surface area contributed by atoms with E-state index in [0.29, 0.717) is 27.2 Å². The van der Waals surface area contributed by atoms with Crippen molar-refractivity contribution in [3.63, 3.8) is 0 Å². The second-order valence-electron chi connectivity index (χ2n) is 8.40. The van der Waals surface area contributed by atoms with Gasteiger partial charge >= 0.3 is 0 Å². The molecule has 2 aromatic carbocycles. The first kappa shape index (κ1) is 20.6. The predicted octanol–water partition coefficient (Wildman–Crippen LogP) is 2.71. The fourth-order valence-electron chi connectivity index (χ4n) is 4.81. The van der Waals surface area contributed by atoms with Gasteiger partial charge in [0.1, 0.15) is 16.8 Å². The van der Waals surface area contributed by atoms with Crippen LogP contribution in [0.1, 0.15) is 28.1 Å². The van der Waals surface area contributed by atoms with E-state index in [0.717, 1.165) is 4.70 Å². The zero-order valence-electron chi connectivity index (χ0n) is 17.8. The van der Waals surface area contributed by atoms with Crippen molar-refractivity contribution in [2.24, 2.45) is 0 Å². The second kappa shape index (κ2) is 7.00. The molecule has 0 spiro atoms. The van der Waals surface area contributed by atoms with Gasteiger partial charge in [0.25, 0.3) is 5.91 Å². The minimum absolute atomic E-state index is 0.0405. The zero-order valence-corrected chi connectivity index (χ0v) is 18.6. The molecule has 11 heteroatoms. The van der Waals surface area contributed by atoms with Crippen LogP contribution >= 0.6 is 11.3 Å². The lowest BCUT2D eigenvalue weighted by atomic mass is 9.82. The van der Waals surface area contributed by atoms with Crippen LogP contribution in [-0.2, 0) is 21.5 Å². The molecule has 0 saturated carbocycles. The molecule has 172 valence electrons. The van der Waals surface area contributed by atoms with Crippen molar-refractivity contribution >= 4 is 55.4 Å². The summed E-state index contributed by atoms with van der Waals surface area (Å²) in [6.07, 6.45) is -0.208. The summed E-state index contributed by atoms with van der Waals surface area (Å²) in [5, 5.41) is 3.37. The molecule has 34 heavy (non-hydrogen) atoms. The number of hydrogen-bond donors (Lipinski definition) is 2. The Morgan fingerprint density at radius 1 is 1.29 bits per heavy atom. The number of rotatable bonds is 4. The first-order chi connectivity index (χ1) is 16.3. The lowest BCUT2D eigenvalue weighted by Crippen LogP contribution is -2.46. The lowest BCUT2D eigenvalue weighted by Gasteiger charge is -2.28. The van der Waals surface area contributed by atoms with E-state index >= 15 is 0 Å². The molecular weight excluding hydrogens is 463 g/mol. The Labute approximate surface area is 195 Å². The Hall–Kier alpha value is -3.99. The van der Waals surface area contributed by atoms with Crippen LogP contribution in [0.4, 0.5) is 9.52 Å². The van der Waals surface area contributed by atoms with Gasteiger partial charge in [-0.2, -0.15) is 0 Å². The van der Waals surface area contributed by atoms with Crippen LogP contribution in [0.25, 0.3) is 21.2 Å². The Kier molecular flexibility index (Phi) is 4.24. The number of nitrogens with one attached hydrogen (secondary N) is 1. The van der Waals surface area contributed by atoms with Crippen molar-refractivity contribution in [1.29, 1.82) is 0 Å². The Bertz CT molecular complexity index is 1560. The maximum Gasteiger partial charge on any atom is 0.257 e. The highest BCUT2D eigenvalue weighted by molar-refractivity contribution is 7.22. The fraction of sp³-hybridized carbons (Fsp3) is 0.217. The highest BCUT2D eigenvalue weighted by Gasteiger charge is 2.53. The van der Waals surface area contributed by atoms with Crippen LogP contribution in [0, 0.1) is 5.82 Å². The van der Waals surface area contributed by atoms with E-state index in [2.05, 4.69) is 10.3 Å². The van der Waals surface area contributed by atoms with E-state index in [9.17, 15) is 18.8 Å². The minimum atomic E-state index is -1.47. The molecule has 1 fully saturated rings. The van der Waals surface area contributed by atoms with Gasteiger partial charge in [-0.3, -0.25) is 19.7 Å². The normalized spacial score (nSPS) is 19.9. The maximum atomic E-state index is 14.8. The van der Waals surface area contributed by atoms with Gasteiger partial charge in [0.05, 0.1) is 29.3 Å². The molecule has 0 unspecified atom stereocenters. The SMILES string of the molecule is COc1ccc2c(c1F)C(=O)N(C[C@@]1(c3cc4c(ccc5sc(N)nc54)o3)CC(=O)NC1=O)C2. The van der Waals surface area contributed by atoms with E-state index in [1.54, 1.807) is 18.2 Å². The molecule has 0 aliphatic carbocycles. The van der Waals surface area contributed by atoms with Crippen LogP contribution in [0.3, 0.4) is 0 Å². The summed E-state index contributed by atoms with van der Waals surface area (Å²) < 4.78 is 26.7. The molecule has 1 saturated heterocycles. The average Bonchev–Trinajstić information content (AvgIpc) is 3.53. The van der Waals surface area contributed by atoms with Crippen molar-refractivity contribution in [2.75, 3.05) is 19.4 Å². The summed E-state index contributed by atoms with van der Waals surface area (Å²) >= 11 is 1.33. The van der Waals surface area contributed by atoms with Crippen LogP contribution in [0.2, 0.25) is 0 Å². The topological polar surface area (TPSA) is 128 Å². The van der Waals surface area contributed by atoms with Gasteiger partial charge in [0, 0.05) is 18.5 Å². The second-order valence-corrected chi connectivity index (χ2v) is 9.46. The molecule has 4 aromatic rings. The summed E-state index contributed by atoms with van der Waals surface area (Å²) in [7, 11) is 1.32. The van der Waals surface area contributed by atoms with Gasteiger partial charge in [0.15, 0.2) is 16.7 Å². The molecule has 6 rings (SSSR count). The van der Waals surface area contributed by atoms with Gasteiger partial charge in [-0.05, 0) is 29.8 Å². The standard InChI is InChI=1S/C23H17FN4O5S/c1-32-13-3-2-10-8-28(20(30)17(10)18(13)24)9-23(7-16(29)26-21(23)31)15-6-11-12(33-15)4-5-14-19(11)27-22(25)34-14/h2-6H,7-9H2,1H3,(H2,25,27)(H,26,29,31)/t23-/m1/s1. The number of nitrogens with two attached hydrogens (primary N) is 1. The molecule has 1 atom stereocenters. The largest absolute Gasteiger partial charge is 0.494 e. The van der Waals surface area contributed by atoms with Crippen LogP contribution < -0.4 is 15.8 Å². The smallest absolute Gasteiger partial charge is 0.257 e. The molecule has 9 nitrogen and oxygen atoms in total. The number of furan rings is 1. The number of anilines is 1. The van der Waals surface area contributed by atoms with Gasteiger partial charge < -0.3 is 19.8 Å². The Balaban J connectivity index is 1.45. The number of nitrogens with zero attached hydrogens (tertiary/aromatic N) is 2. The summed E-state index contributed by atoms with van der Waals surface area (Å²) in [6.45, 7) is -0.0760. The molecule has 3 amide bonds. The van der Waals surface area contributed by atoms with Crippen LogP contribution in [0.5, 0.6) is 5.75 Å². The van der Waals surface area contributed by atoms with Gasteiger partial charge in [-0.1, -0.05) is 17.4 Å². The Morgan fingerprint density at radius 3 is 2.85 bits per heavy atom. The molecular formula is C23H17FN4O5S. The quantitative estimate of drug-likeness (QED) is 0.430. The Morgan fingerprint density at radius 2 is 2.12 bits per heavy atom. The minimum Gasteiger partial charge on any atom is -0.494 e. The number of amides is 3. The van der Waals surface area contributed by atoms with E-state index in [4.69, 9.17) is 14.9 Å². The van der Waals surface area contributed by atoms with Gasteiger partial charge in [-0.25, -0.2) is 9.37 Å². The van der Waals surface area contributed by atoms with E-state index < -0.39 is 29.0 Å². The number of aromatic nitrogens is 1. The number of carbonyl (C=O) groups is 3. The van der Waals surface area contributed by atoms with Crippen molar-refractivity contribution < 1.29 is 27.9 Å². The molecule has 2 aromatic heterocycles. The number of thiazole rings is 1. The average molecular weight is 480 g/mol. The maximum absolute atomic E-state index is 14.8. The van der Waals surface area contributed by atoms with Gasteiger partial charge in [0.2, 0.25) is 11.8 Å². The van der Waals surface area contributed by atoms with Crippen molar-refractivity contribution in [1.82, 2.24) is 15.2 Å². The third-order valence-electron chi connectivity index (χ3n) is 6.43. The number of imide groups is 1. The monoisotopic (exact) mass is 480 g/mol. The van der Waals surface area contributed by atoms with E-state index in [1.807, 2.05) is 6.07 Å². The number of carbonyl (C=O) groups excluding carboxylic acids is 3. The number of nitrogen functional groups attached to an aromatic ring is 1. The number of fused-ring (bicyclic) bond motifs is 4. The first-order valence-corrected chi connectivity index (χ1v) is 11.2. The van der Waals surface area contributed by atoms with E-state index in [-0.39, 0.29) is 36.6 Å². The summed E-state index contributed by atoms with van der Waals surface area (Å²) in [4.78, 5) is 44.3. The molecule has 0 bridgehead atoms. The number of benzene rings is 2. The van der Waals surface area contributed by atoms with Crippen molar-refractivity contribution in [3.05, 3.63) is 53.0 Å². The first-order valence-electron chi connectivity index (χ1n) is 10.4.